The van der Waals surface area contributed by atoms with Crippen LogP contribution in [0.15, 0.2) is 30.9 Å². The third-order valence-electron chi connectivity index (χ3n) is 4.07. The minimum absolute atomic E-state index is 0. The predicted octanol–water partition coefficient (Wildman–Crippen LogP) is 4.59. The van der Waals surface area contributed by atoms with E-state index in [9.17, 15) is 4.39 Å². The van der Waals surface area contributed by atoms with Gasteiger partial charge in [-0.2, -0.15) is 0 Å². The fourth-order valence-electron chi connectivity index (χ4n) is 2.93. The summed E-state index contributed by atoms with van der Waals surface area (Å²) >= 11 is 5.96. The molecule has 0 spiro atoms. The van der Waals surface area contributed by atoms with Crippen LogP contribution in [0.5, 0.6) is 0 Å². The van der Waals surface area contributed by atoms with Gasteiger partial charge in [-0.1, -0.05) is 36.2 Å². The minimum Gasteiger partial charge on any atom is -0.314 e. The molecule has 1 fully saturated rings. The molecule has 0 aliphatic carbocycles. The van der Waals surface area contributed by atoms with Gasteiger partial charge in [0.15, 0.2) is 0 Å². The summed E-state index contributed by atoms with van der Waals surface area (Å²) in [6, 6.07) is 5.46. The fourth-order valence-corrected chi connectivity index (χ4v) is 3.11. The van der Waals surface area contributed by atoms with Crippen LogP contribution in [-0.2, 0) is 0 Å². The zero-order valence-electron chi connectivity index (χ0n) is 12.9. The van der Waals surface area contributed by atoms with Gasteiger partial charge in [-0.15, -0.1) is 19.0 Å². The zero-order chi connectivity index (χ0) is 15.1. The van der Waals surface area contributed by atoms with Crippen LogP contribution in [0.1, 0.15) is 37.3 Å². The number of benzene rings is 1. The second-order valence-corrected chi connectivity index (χ2v) is 5.93. The number of rotatable bonds is 7. The van der Waals surface area contributed by atoms with Gasteiger partial charge in [-0.25, -0.2) is 4.39 Å². The van der Waals surface area contributed by atoms with E-state index in [-0.39, 0.29) is 29.3 Å². The number of nitrogens with one attached hydrogen (secondary N) is 1. The van der Waals surface area contributed by atoms with Crippen molar-refractivity contribution < 1.29 is 4.39 Å². The predicted molar refractivity (Wildman–Crippen MR) is 94.5 cm³/mol. The van der Waals surface area contributed by atoms with Crippen molar-refractivity contribution in [2.45, 2.75) is 31.7 Å². The Hall–Kier alpha value is -0.610. The molecule has 22 heavy (non-hydrogen) atoms. The van der Waals surface area contributed by atoms with Gasteiger partial charge in [0.25, 0.3) is 0 Å². The Morgan fingerprint density at radius 3 is 2.73 bits per heavy atom. The highest BCUT2D eigenvalue weighted by atomic mass is 35.5. The molecular weight excluding hydrogens is 322 g/mol. The van der Waals surface area contributed by atoms with Crippen molar-refractivity contribution in [2.24, 2.45) is 0 Å². The van der Waals surface area contributed by atoms with Gasteiger partial charge in [0.05, 0.1) is 5.02 Å². The first kappa shape index (κ1) is 19.4. The van der Waals surface area contributed by atoms with Crippen molar-refractivity contribution in [1.82, 2.24) is 10.2 Å². The highest BCUT2D eigenvalue weighted by molar-refractivity contribution is 6.30. The first-order valence-corrected chi connectivity index (χ1v) is 8.11. The summed E-state index contributed by atoms with van der Waals surface area (Å²) in [6.07, 6.45) is 6.11. The second-order valence-electron chi connectivity index (χ2n) is 5.52. The molecule has 0 unspecified atom stereocenters. The molecule has 1 aromatic carbocycles. The summed E-state index contributed by atoms with van der Waals surface area (Å²) in [6.45, 7) is 7.60. The minimum atomic E-state index is -0.258. The number of halogens is 3. The highest BCUT2D eigenvalue weighted by Gasteiger charge is 2.24. The van der Waals surface area contributed by atoms with E-state index in [0.29, 0.717) is 0 Å². The van der Waals surface area contributed by atoms with Crippen LogP contribution in [-0.4, -0.2) is 31.1 Å². The summed E-state index contributed by atoms with van der Waals surface area (Å²) in [4.78, 5) is 2.37. The summed E-state index contributed by atoms with van der Waals surface area (Å²) in [7, 11) is 0. The highest BCUT2D eigenvalue weighted by Crippen LogP contribution is 2.31. The van der Waals surface area contributed by atoms with E-state index in [1.165, 1.54) is 0 Å². The van der Waals surface area contributed by atoms with Crippen molar-refractivity contribution in [3.63, 3.8) is 0 Å². The number of hydrogen-bond donors (Lipinski definition) is 1. The van der Waals surface area contributed by atoms with Gasteiger partial charge in [0.2, 0.25) is 0 Å². The van der Waals surface area contributed by atoms with E-state index in [2.05, 4.69) is 16.8 Å². The average molecular weight is 347 g/mol. The van der Waals surface area contributed by atoms with Gasteiger partial charge in [-0.3, -0.25) is 4.90 Å². The molecule has 0 saturated carbocycles. The average Bonchev–Trinajstić information content (AvgIpc) is 2.52. The summed E-state index contributed by atoms with van der Waals surface area (Å²) in [5.74, 6) is -0.258. The molecule has 1 saturated heterocycles. The third kappa shape index (κ3) is 5.24. The molecule has 2 nitrogen and oxygen atoms in total. The van der Waals surface area contributed by atoms with Crippen molar-refractivity contribution in [3.8, 4) is 0 Å². The molecule has 1 N–H and O–H groups in total. The van der Waals surface area contributed by atoms with Crippen LogP contribution < -0.4 is 5.32 Å². The van der Waals surface area contributed by atoms with Crippen LogP contribution in [0.25, 0.3) is 0 Å². The van der Waals surface area contributed by atoms with Gasteiger partial charge in [0.1, 0.15) is 5.82 Å². The molecule has 1 atom stereocenters. The van der Waals surface area contributed by atoms with E-state index in [1.807, 2.05) is 18.2 Å². The maximum Gasteiger partial charge on any atom is 0.146 e. The number of hydrogen-bond acceptors (Lipinski definition) is 2. The molecule has 5 heteroatoms. The van der Waals surface area contributed by atoms with Crippen LogP contribution in [0.4, 0.5) is 4.39 Å². The Balaban J connectivity index is 0.00000242. The smallest absolute Gasteiger partial charge is 0.146 e. The lowest BCUT2D eigenvalue weighted by molar-refractivity contribution is 0.160. The van der Waals surface area contributed by atoms with Gasteiger partial charge in [0, 0.05) is 37.8 Å². The molecule has 0 bridgehead atoms. The second kappa shape index (κ2) is 10.2. The van der Waals surface area contributed by atoms with Crippen molar-refractivity contribution in [1.29, 1.82) is 0 Å². The molecule has 1 aliphatic heterocycles. The Bertz CT molecular complexity index is 462. The summed E-state index contributed by atoms with van der Waals surface area (Å²) in [5, 5.41) is 3.57. The SMILES string of the molecule is C=CCCCC[C@@H](c1cccc(Cl)c1F)N1CCNCC1.Cl. The van der Waals surface area contributed by atoms with E-state index in [0.717, 1.165) is 57.4 Å². The van der Waals surface area contributed by atoms with E-state index in [4.69, 9.17) is 11.6 Å². The number of unbranched alkanes of at least 4 members (excludes halogenated alkanes) is 2. The standard InChI is InChI=1S/C17H24ClFN2.ClH/c1-2-3-4-5-9-16(21-12-10-20-11-13-21)14-7-6-8-15(18)17(14)19;/h2,6-8,16,20H,1,3-5,9-13H2;1H/t16-;/m0./s1. The van der Waals surface area contributed by atoms with Crippen molar-refractivity contribution in [3.05, 3.63) is 47.3 Å². The van der Waals surface area contributed by atoms with E-state index < -0.39 is 0 Å². The molecule has 0 radical (unpaired) electrons. The van der Waals surface area contributed by atoms with Crippen LogP contribution in [0, 0.1) is 5.82 Å². The summed E-state index contributed by atoms with van der Waals surface area (Å²) < 4.78 is 14.4. The fraction of sp³-hybridized carbons (Fsp3) is 0.529. The van der Waals surface area contributed by atoms with Gasteiger partial charge in [-0.05, 0) is 25.3 Å². The largest absolute Gasteiger partial charge is 0.314 e. The maximum absolute atomic E-state index is 14.4. The molecule has 0 amide bonds. The normalized spacial score (nSPS) is 16.8. The maximum atomic E-state index is 14.4. The summed E-state index contributed by atoms with van der Waals surface area (Å²) in [5.41, 5.74) is 0.739. The lowest BCUT2D eigenvalue weighted by atomic mass is 9.97. The number of nitrogens with zero attached hydrogens (tertiary/aromatic N) is 1. The topological polar surface area (TPSA) is 15.3 Å². The molecule has 1 aliphatic rings. The zero-order valence-corrected chi connectivity index (χ0v) is 14.4. The van der Waals surface area contributed by atoms with Crippen LogP contribution in [0.3, 0.4) is 0 Å². The Morgan fingerprint density at radius 2 is 2.05 bits per heavy atom. The Labute approximate surface area is 144 Å². The Kier molecular flexibility index (Phi) is 9.03. The molecule has 2 rings (SSSR count). The molecule has 1 aromatic rings. The lowest BCUT2D eigenvalue weighted by Crippen LogP contribution is -2.45. The van der Waals surface area contributed by atoms with E-state index in [1.54, 1.807) is 6.07 Å². The van der Waals surface area contributed by atoms with Gasteiger partial charge < -0.3 is 5.32 Å². The van der Waals surface area contributed by atoms with Crippen molar-refractivity contribution >= 4 is 24.0 Å². The van der Waals surface area contributed by atoms with Crippen molar-refractivity contribution in [2.75, 3.05) is 26.2 Å². The number of piperazine rings is 1. The molecule has 124 valence electrons. The lowest BCUT2D eigenvalue weighted by Gasteiger charge is -2.35. The monoisotopic (exact) mass is 346 g/mol. The quantitative estimate of drug-likeness (QED) is 0.573. The third-order valence-corrected chi connectivity index (χ3v) is 4.36. The Morgan fingerprint density at radius 1 is 1.32 bits per heavy atom. The number of allylic oxidation sites excluding steroid dienone is 1. The molecule has 0 aromatic heterocycles. The first-order chi connectivity index (χ1) is 10.2. The van der Waals surface area contributed by atoms with Crippen LogP contribution in [0.2, 0.25) is 5.02 Å². The first-order valence-electron chi connectivity index (χ1n) is 7.73. The van der Waals surface area contributed by atoms with Crippen LogP contribution >= 0.6 is 24.0 Å². The molecular formula is C17H25Cl2FN2. The molecule has 1 heterocycles. The van der Waals surface area contributed by atoms with Gasteiger partial charge >= 0.3 is 0 Å². The van der Waals surface area contributed by atoms with E-state index >= 15 is 0 Å².